The highest BCUT2D eigenvalue weighted by Crippen LogP contribution is 2.27. The van der Waals surface area contributed by atoms with Gasteiger partial charge in [-0.1, -0.05) is 30.3 Å². The first kappa shape index (κ1) is 19.4. The first-order valence-electron chi connectivity index (χ1n) is 9.40. The van der Waals surface area contributed by atoms with Crippen molar-refractivity contribution in [1.82, 2.24) is 15.1 Å². The van der Waals surface area contributed by atoms with Gasteiger partial charge >= 0.3 is 0 Å². The van der Waals surface area contributed by atoms with E-state index in [0.29, 0.717) is 25.4 Å². The zero-order chi connectivity index (χ0) is 19.4. The summed E-state index contributed by atoms with van der Waals surface area (Å²) in [5.41, 5.74) is 0.857. The summed E-state index contributed by atoms with van der Waals surface area (Å²) in [7, 11) is 3.53. The van der Waals surface area contributed by atoms with Gasteiger partial charge in [0, 0.05) is 33.6 Å². The van der Waals surface area contributed by atoms with Gasteiger partial charge < -0.3 is 19.9 Å². The van der Waals surface area contributed by atoms with Gasteiger partial charge in [0.15, 0.2) is 6.10 Å². The SMILES string of the molecule is CN(C)C(=O)CC1CCN(C(=O)[C@H]2OCC(=O)N[C@@H]2c2ccccc2)CC1. The van der Waals surface area contributed by atoms with E-state index in [-0.39, 0.29) is 24.3 Å². The third-order valence-corrected chi connectivity index (χ3v) is 5.30. The predicted octanol–water partition coefficient (Wildman–Crippen LogP) is 0.960. The lowest BCUT2D eigenvalue weighted by Crippen LogP contribution is -2.54. The van der Waals surface area contributed by atoms with Crippen LogP contribution in [0, 0.1) is 5.92 Å². The molecule has 0 aromatic heterocycles. The normalized spacial score (nSPS) is 23.6. The summed E-state index contributed by atoms with van der Waals surface area (Å²) in [4.78, 5) is 40.2. The molecule has 27 heavy (non-hydrogen) atoms. The molecule has 2 aliphatic heterocycles. The van der Waals surface area contributed by atoms with E-state index in [1.54, 1.807) is 23.9 Å². The van der Waals surface area contributed by atoms with Gasteiger partial charge in [-0.05, 0) is 24.3 Å². The summed E-state index contributed by atoms with van der Waals surface area (Å²) in [5, 5.41) is 2.89. The van der Waals surface area contributed by atoms with Crippen LogP contribution >= 0.6 is 0 Å². The summed E-state index contributed by atoms with van der Waals surface area (Å²) in [6.07, 6.45) is 1.42. The Morgan fingerprint density at radius 1 is 1.19 bits per heavy atom. The summed E-state index contributed by atoms with van der Waals surface area (Å²) in [6, 6.07) is 8.95. The molecule has 1 N–H and O–H groups in total. The van der Waals surface area contributed by atoms with Crippen LogP contribution in [0.1, 0.15) is 30.9 Å². The number of likely N-dealkylation sites (tertiary alicyclic amines) is 1. The molecule has 7 heteroatoms. The maximum absolute atomic E-state index is 13.1. The van der Waals surface area contributed by atoms with E-state index >= 15 is 0 Å². The molecule has 7 nitrogen and oxygen atoms in total. The molecular formula is C20H27N3O4. The molecule has 2 fully saturated rings. The maximum atomic E-state index is 13.1. The number of hydrogen-bond donors (Lipinski definition) is 1. The number of rotatable bonds is 4. The molecule has 2 atom stereocenters. The van der Waals surface area contributed by atoms with Crippen LogP contribution in [0.4, 0.5) is 0 Å². The number of benzene rings is 1. The molecule has 0 radical (unpaired) electrons. The van der Waals surface area contributed by atoms with E-state index in [9.17, 15) is 14.4 Å². The van der Waals surface area contributed by atoms with Gasteiger partial charge in [-0.3, -0.25) is 14.4 Å². The first-order chi connectivity index (χ1) is 13.0. The van der Waals surface area contributed by atoms with Crippen molar-refractivity contribution in [3.05, 3.63) is 35.9 Å². The number of ether oxygens (including phenoxy) is 1. The Morgan fingerprint density at radius 2 is 1.85 bits per heavy atom. The number of piperidine rings is 1. The third-order valence-electron chi connectivity index (χ3n) is 5.30. The Bertz CT molecular complexity index is 684. The van der Waals surface area contributed by atoms with Gasteiger partial charge in [-0.25, -0.2) is 0 Å². The number of carbonyl (C=O) groups excluding carboxylic acids is 3. The average molecular weight is 373 g/mol. The minimum atomic E-state index is -0.718. The Labute approximate surface area is 159 Å². The highest BCUT2D eigenvalue weighted by Gasteiger charge is 2.39. The van der Waals surface area contributed by atoms with Gasteiger partial charge in [-0.15, -0.1) is 0 Å². The van der Waals surface area contributed by atoms with Crippen LogP contribution < -0.4 is 5.32 Å². The van der Waals surface area contributed by atoms with Crippen LogP contribution in [-0.4, -0.2) is 67.4 Å². The van der Waals surface area contributed by atoms with E-state index in [1.165, 1.54) is 0 Å². The fourth-order valence-corrected chi connectivity index (χ4v) is 3.65. The largest absolute Gasteiger partial charge is 0.356 e. The van der Waals surface area contributed by atoms with Crippen molar-refractivity contribution in [2.24, 2.45) is 5.92 Å². The first-order valence-corrected chi connectivity index (χ1v) is 9.40. The zero-order valence-electron chi connectivity index (χ0n) is 15.9. The smallest absolute Gasteiger partial charge is 0.254 e. The van der Waals surface area contributed by atoms with Crippen molar-refractivity contribution in [2.45, 2.75) is 31.4 Å². The van der Waals surface area contributed by atoms with Crippen molar-refractivity contribution in [2.75, 3.05) is 33.8 Å². The maximum Gasteiger partial charge on any atom is 0.254 e. The van der Waals surface area contributed by atoms with Crippen LogP contribution in [0.15, 0.2) is 30.3 Å². The summed E-state index contributed by atoms with van der Waals surface area (Å²) >= 11 is 0. The van der Waals surface area contributed by atoms with Crippen molar-refractivity contribution >= 4 is 17.7 Å². The number of carbonyl (C=O) groups is 3. The summed E-state index contributed by atoms with van der Waals surface area (Å²) < 4.78 is 5.63. The summed E-state index contributed by atoms with van der Waals surface area (Å²) in [5.74, 6) is 0.123. The Morgan fingerprint density at radius 3 is 2.48 bits per heavy atom. The number of nitrogens with zero attached hydrogens (tertiary/aromatic N) is 2. The van der Waals surface area contributed by atoms with Crippen LogP contribution in [0.5, 0.6) is 0 Å². The molecule has 1 aromatic rings. The second kappa shape index (κ2) is 8.52. The Kier molecular flexibility index (Phi) is 6.11. The Hall–Kier alpha value is -2.41. The third kappa shape index (κ3) is 4.66. The second-order valence-corrected chi connectivity index (χ2v) is 7.45. The zero-order valence-corrected chi connectivity index (χ0v) is 15.9. The van der Waals surface area contributed by atoms with E-state index in [2.05, 4.69) is 5.32 Å². The highest BCUT2D eigenvalue weighted by molar-refractivity contribution is 5.86. The molecule has 2 aliphatic rings. The molecule has 3 rings (SSSR count). The molecule has 2 heterocycles. The highest BCUT2D eigenvalue weighted by atomic mass is 16.5. The minimum absolute atomic E-state index is 0.0961. The van der Waals surface area contributed by atoms with E-state index in [4.69, 9.17) is 4.74 Å². The molecule has 0 bridgehead atoms. The minimum Gasteiger partial charge on any atom is -0.356 e. The molecule has 3 amide bonds. The van der Waals surface area contributed by atoms with Crippen LogP contribution in [0.3, 0.4) is 0 Å². The van der Waals surface area contributed by atoms with Gasteiger partial charge in [-0.2, -0.15) is 0 Å². The molecule has 0 aliphatic carbocycles. The monoisotopic (exact) mass is 373 g/mol. The van der Waals surface area contributed by atoms with Crippen molar-refractivity contribution in [1.29, 1.82) is 0 Å². The molecule has 1 aromatic carbocycles. The number of hydrogen-bond acceptors (Lipinski definition) is 4. The fraction of sp³-hybridized carbons (Fsp3) is 0.550. The average Bonchev–Trinajstić information content (AvgIpc) is 2.68. The topological polar surface area (TPSA) is 79.0 Å². The van der Waals surface area contributed by atoms with Gasteiger partial charge in [0.05, 0.1) is 6.04 Å². The van der Waals surface area contributed by atoms with Crippen molar-refractivity contribution in [3.63, 3.8) is 0 Å². The standard InChI is InChI=1S/C20H27N3O4/c1-22(2)17(25)12-14-8-10-23(11-9-14)20(26)19-18(21-16(24)13-27-19)15-6-4-3-5-7-15/h3-7,14,18-19H,8-13H2,1-2H3,(H,21,24)/t18-,19+/m1/s1. The van der Waals surface area contributed by atoms with Crippen molar-refractivity contribution in [3.8, 4) is 0 Å². The fourth-order valence-electron chi connectivity index (χ4n) is 3.65. The number of nitrogens with one attached hydrogen (secondary N) is 1. The quantitative estimate of drug-likeness (QED) is 0.853. The van der Waals surface area contributed by atoms with Gasteiger partial charge in [0.25, 0.3) is 5.91 Å². The van der Waals surface area contributed by atoms with Crippen LogP contribution in [0.25, 0.3) is 0 Å². The van der Waals surface area contributed by atoms with Crippen LogP contribution in [-0.2, 0) is 19.1 Å². The molecule has 0 saturated carbocycles. The van der Waals surface area contributed by atoms with Gasteiger partial charge in [0.2, 0.25) is 11.8 Å². The lowest BCUT2D eigenvalue weighted by Gasteiger charge is -2.38. The molecule has 2 saturated heterocycles. The van der Waals surface area contributed by atoms with E-state index < -0.39 is 12.1 Å². The molecule has 146 valence electrons. The van der Waals surface area contributed by atoms with E-state index in [1.807, 2.05) is 30.3 Å². The van der Waals surface area contributed by atoms with Crippen LogP contribution in [0.2, 0.25) is 0 Å². The van der Waals surface area contributed by atoms with Gasteiger partial charge in [0.1, 0.15) is 6.61 Å². The lowest BCUT2D eigenvalue weighted by molar-refractivity contribution is -0.156. The number of morpholine rings is 1. The Balaban J connectivity index is 1.63. The molecule has 0 unspecified atom stereocenters. The summed E-state index contributed by atoms with van der Waals surface area (Å²) in [6.45, 7) is 1.12. The van der Waals surface area contributed by atoms with E-state index in [0.717, 1.165) is 18.4 Å². The molecule has 0 spiro atoms. The lowest BCUT2D eigenvalue weighted by atomic mass is 9.92. The second-order valence-electron chi connectivity index (χ2n) is 7.45. The predicted molar refractivity (Wildman–Crippen MR) is 99.7 cm³/mol. The van der Waals surface area contributed by atoms with Crippen molar-refractivity contribution < 1.29 is 19.1 Å². The number of amides is 3. The molecular weight excluding hydrogens is 346 g/mol.